The molecule has 0 atom stereocenters. The van der Waals surface area contributed by atoms with E-state index in [1.54, 1.807) is 7.11 Å². The molecule has 92 valence electrons. The fraction of sp³-hybridized carbons (Fsp3) is 0.200. The summed E-state index contributed by atoms with van der Waals surface area (Å²) < 4.78 is 5.32. The molecule has 1 N–H and O–H groups in total. The van der Waals surface area contributed by atoms with Crippen LogP contribution in [-0.2, 0) is 4.74 Å². The Balaban J connectivity index is 0.00000121. The summed E-state index contributed by atoms with van der Waals surface area (Å²) in [6.07, 6.45) is 5.70. The van der Waals surface area contributed by atoms with E-state index in [1.807, 2.05) is 55.5 Å². The van der Waals surface area contributed by atoms with Crippen LogP contribution in [0.15, 0.2) is 60.9 Å². The molecule has 0 fully saturated rings. The highest BCUT2D eigenvalue weighted by Gasteiger charge is 2.02. The second kappa shape index (κ2) is 9.43. The average Bonchev–Trinajstić information content (AvgIpc) is 2.42. The van der Waals surface area contributed by atoms with Crippen molar-refractivity contribution in [3.63, 3.8) is 0 Å². The average molecular weight is 232 g/mol. The summed E-state index contributed by atoms with van der Waals surface area (Å²) in [7, 11) is 2.67. The molecule has 1 aromatic rings. The molecule has 0 aliphatic carbocycles. The van der Waals surface area contributed by atoms with Gasteiger partial charge in [0.25, 0.3) is 0 Å². The van der Waals surface area contributed by atoms with E-state index in [1.165, 1.54) is 0 Å². The maximum atomic E-state index is 7.00. The topological polar surface area (TPSA) is 29.5 Å². The Bertz CT molecular complexity index is 375. The monoisotopic (exact) mass is 232 g/mol. The predicted molar refractivity (Wildman–Crippen MR) is 73.5 cm³/mol. The first-order valence-electron chi connectivity index (χ1n) is 5.37. The lowest BCUT2D eigenvalue weighted by atomic mass is 10.0. The van der Waals surface area contributed by atoms with Crippen molar-refractivity contribution in [2.75, 3.05) is 14.2 Å². The van der Waals surface area contributed by atoms with Gasteiger partial charge in [-0.25, -0.2) is 0 Å². The molecule has 0 unspecified atom stereocenters. The van der Waals surface area contributed by atoms with E-state index >= 15 is 0 Å². The first-order valence-corrected chi connectivity index (χ1v) is 5.37. The summed E-state index contributed by atoms with van der Waals surface area (Å²) in [6, 6.07) is 10.1. The lowest BCUT2D eigenvalue weighted by Gasteiger charge is -2.07. The van der Waals surface area contributed by atoms with Crippen molar-refractivity contribution >= 4 is 5.57 Å². The molecule has 0 saturated heterocycles. The second-order valence-electron chi connectivity index (χ2n) is 3.05. The second-order valence-corrected chi connectivity index (χ2v) is 3.05. The molecule has 0 aromatic heterocycles. The van der Waals surface area contributed by atoms with Crippen LogP contribution in [0.2, 0.25) is 0 Å². The molecule has 0 saturated carbocycles. The van der Waals surface area contributed by atoms with Gasteiger partial charge in [-0.05, 0) is 18.6 Å². The van der Waals surface area contributed by atoms with Crippen LogP contribution in [0, 0.1) is 0 Å². The van der Waals surface area contributed by atoms with Crippen LogP contribution in [0.4, 0.5) is 0 Å². The first-order chi connectivity index (χ1) is 8.33. The normalized spacial score (nSPS) is 11.3. The number of allylic oxidation sites excluding steroid dienone is 4. The number of benzene rings is 1. The van der Waals surface area contributed by atoms with Crippen LogP contribution in [-0.4, -0.2) is 19.3 Å². The number of methoxy groups -OCH3 is 1. The molecular weight excluding hydrogens is 212 g/mol. The smallest absolute Gasteiger partial charge is 0.126 e. The van der Waals surface area contributed by atoms with Crippen molar-refractivity contribution in [3.05, 3.63) is 66.5 Å². The summed E-state index contributed by atoms with van der Waals surface area (Å²) in [6.45, 7) is 5.78. The van der Waals surface area contributed by atoms with E-state index in [0.717, 1.165) is 24.0 Å². The summed E-state index contributed by atoms with van der Waals surface area (Å²) >= 11 is 0. The fourth-order valence-corrected chi connectivity index (χ4v) is 1.40. The van der Waals surface area contributed by atoms with Crippen LogP contribution >= 0.6 is 0 Å². The first kappa shape index (κ1) is 15.2. The van der Waals surface area contributed by atoms with E-state index < -0.39 is 0 Å². The van der Waals surface area contributed by atoms with Gasteiger partial charge < -0.3 is 9.84 Å². The summed E-state index contributed by atoms with van der Waals surface area (Å²) in [5, 5.41) is 7.00. The van der Waals surface area contributed by atoms with Crippen molar-refractivity contribution < 1.29 is 9.84 Å². The molecule has 2 nitrogen and oxygen atoms in total. The van der Waals surface area contributed by atoms with Crippen LogP contribution in [0.1, 0.15) is 12.5 Å². The Hall–Kier alpha value is -1.80. The molecule has 1 rings (SSSR count). The molecule has 0 aliphatic heterocycles. The SMILES string of the molecule is C=C/C(=C(\C=C/C)OC)c1ccccc1.CO. The highest BCUT2D eigenvalue weighted by Crippen LogP contribution is 2.20. The van der Waals surface area contributed by atoms with E-state index in [-0.39, 0.29) is 0 Å². The van der Waals surface area contributed by atoms with Gasteiger partial charge in [0, 0.05) is 12.7 Å². The van der Waals surface area contributed by atoms with Crippen molar-refractivity contribution in [1.82, 2.24) is 0 Å². The Labute approximate surface area is 104 Å². The summed E-state index contributed by atoms with van der Waals surface area (Å²) in [5.74, 6) is 0.832. The van der Waals surface area contributed by atoms with E-state index in [4.69, 9.17) is 9.84 Å². The van der Waals surface area contributed by atoms with Crippen molar-refractivity contribution in [2.24, 2.45) is 0 Å². The highest BCUT2D eigenvalue weighted by atomic mass is 16.5. The van der Waals surface area contributed by atoms with Gasteiger partial charge in [0.2, 0.25) is 0 Å². The third-order valence-corrected chi connectivity index (χ3v) is 2.09. The number of aliphatic hydroxyl groups excluding tert-OH is 1. The van der Waals surface area contributed by atoms with Gasteiger partial charge in [-0.15, -0.1) is 0 Å². The van der Waals surface area contributed by atoms with Gasteiger partial charge in [-0.1, -0.05) is 49.1 Å². The maximum absolute atomic E-state index is 7.00. The van der Waals surface area contributed by atoms with Crippen LogP contribution in [0.3, 0.4) is 0 Å². The number of hydrogen-bond acceptors (Lipinski definition) is 2. The van der Waals surface area contributed by atoms with Gasteiger partial charge in [-0.2, -0.15) is 0 Å². The van der Waals surface area contributed by atoms with Crippen LogP contribution in [0.5, 0.6) is 0 Å². The number of ether oxygens (including phenoxy) is 1. The minimum atomic E-state index is 0.832. The van der Waals surface area contributed by atoms with Crippen molar-refractivity contribution in [1.29, 1.82) is 0 Å². The van der Waals surface area contributed by atoms with E-state index in [2.05, 4.69) is 6.58 Å². The lowest BCUT2D eigenvalue weighted by Crippen LogP contribution is -1.89. The Morgan fingerprint density at radius 2 is 1.82 bits per heavy atom. The molecule has 0 aliphatic rings. The molecule has 0 bridgehead atoms. The zero-order valence-corrected chi connectivity index (χ0v) is 10.7. The minimum absolute atomic E-state index is 0.832. The molecule has 0 radical (unpaired) electrons. The summed E-state index contributed by atoms with van der Waals surface area (Å²) in [4.78, 5) is 0. The standard InChI is InChI=1S/C14H16O.CH4O/c1-4-9-14(15-3)13(5-2)12-10-7-6-8-11-12;1-2/h4-11H,2H2,1,3H3;2H,1H3/b9-4-,14-13-;. The van der Waals surface area contributed by atoms with E-state index in [9.17, 15) is 0 Å². The Kier molecular flexibility index (Phi) is 8.43. The van der Waals surface area contributed by atoms with Crippen LogP contribution < -0.4 is 0 Å². The number of hydrogen-bond donors (Lipinski definition) is 1. The fourth-order valence-electron chi connectivity index (χ4n) is 1.40. The van der Waals surface area contributed by atoms with Crippen LogP contribution in [0.25, 0.3) is 5.57 Å². The highest BCUT2D eigenvalue weighted by molar-refractivity contribution is 5.76. The third-order valence-electron chi connectivity index (χ3n) is 2.09. The quantitative estimate of drug-likeness (QED) is 0.636. The van der Waals surface area contributed by atoms with Gasteiger partial charge >= 0.3 is 0 Å². The zero-order chi connectivity index (χ0) is 13.1. The Morgan fingerprint density at radius 3 is 2.24 bits per heavy atom. The van der Waals surface area contributed by atoms with Gasteiger partial charge in [0.1, 0.15) is 5.76 Å². The molecule has 0 spiro atoms. The lowest BCUT2D eigenvalue weighted by molar-refractivity contribution is 0.309. The van der Waals surface area contributed by atoms with Gasteiger partial charge in [0.05, 0.1) is 7.11 Å². The molecule has 0 amide bonds. The third kappa shape index (κ3) is 4.70. The molecule has 0 heterocycles. The largest absolute Gasteiger partial charge is 0.496 e. The van der Waals surface area contributed by atoms with E-state index in [0.29, 0.717) is 0 Å². The molecule has 2 heteroatoms. The maximum Gasteiger partial charge on any atom is 0.126 e. The van der Waals surface area contributed by atoms with Crippen molar-refractivity contribution in [3.8, 4) is 0 Å². The molecular formula is C15H20O2. The zero-order valence-electron chi connectivity index (χ0n) is 10.7. The molecule has 17 heavy (non-hydrogen) atoms. The van der Waals surface area contributed by atoms with Crippen molar-refractivity contribution in [2.45, 2.75) is 6.92 Å². The minimum Gasteiger partial charge on any atom is -0.496 e. The number of rotatable bonds is 4. The van der Waals surface area contributed by atoms with Gasteiger partial charge in [0.15, 0.2) is 0 Å². The predicted octanol–water partition coefficient (Wildman–Crippen LogP) is 3.41. The molecule has 1 aromatic carbocycles. The summed E-state index contributed by atoms with van der Waals surface area (Å²) in [5.41, 5.74) is 2.12. The van der Waals surface area contributed by atoms with Gasteiger partial charge in [-0.3, -0.25) is 0 Å². The number of aliphatic hydroxyl groups is 1. The Morgan fingerprint density at radius 1 is 1.24 bits per heavy atom.